The number of aromatic nitrogens is 2. The smallest absolute Gasteiger partial charge is 0.490 e. The van der Waals surface area contributed by atoms with Crippen molar-refractivity contribution in [3.05, 3.63) is 46.9 Å². The summed E-state index contributed by atoms with van der Waals surface area (Å²) in [5.41, 5.74) is 0.366. The number of alkyl halides is 3. The zero-order valence-electron chi connectivity index (χ0n) is 13.4. The number of phenols is 2. The van der Waals surface area contributed by atoms with Crippen LogP contribution in [-0.2, 0) is 4.79 Å². The van der Waals surface area contributed by atoms with Crippen LogP contribution in [0.5, 0.6) is 23.1 Å². The van der Waals surface area contributed by atoms with Crippen molar-refractivity contribution < 1.29 is 42.4 Å². The van der Waals surface area contributed by atoms with Crippen molar-refractivity contribution in [1.82, 2.24) is 9.97 Å². The van der Waals surface area contributed by atoms with Crippen molar-refractivity contribution in [2.75, 3.05) is 0 Å². The van der Waals surface area contributed by atoms with Gasteiger partial charge in [0, 0.05) is 6.07 Å². The number of hydrogen-bond donors (Lipinski definition) is 3. The van der Waals surface area contributed by atoms with E-state index in [1.165, 1.54) is 24.5 Å². The zero-order chi connectivity index (χ0) is 21.1. The SMILES string of the molecule is O=C(O)C(F)(F)F.Oc1cc2ncnc(Oc3cccc(Br)c3F)c2cc1O. The number of rotatable bonds is 2. The van der Waals surface area contributed by atoms with Gasteiger partial charge in [0.1, 0.15) is 6.33 Å². The maximum Gasteiger partial charge on any atom is 0.490 e. The second-order valence-electron chi connectivity index (χ2n) is 4.99. The molecule has 1 aromatic heterocycles. The molecule has 28 heavy (non-hydrogen) atoms. The van der Waals surface area contributed by atoms with E-state index in [-0.39, 0.29) is 27.6 Å². The predicted molar refractivity (Wildman–Crippen MR) is 90.7 cm³/mol. The van der Waals surface area contributed by atoms with Gasteiger partial charge in [0.2, 0.25) is 5.88 Å². The number of aliphatic carboxylic acids is 1. The largest absolute Gasteiger partial charge is 0.504 e. The second kappa shape index (κ2) is 8.25. The van der Waals surface area contributed by atoms with Crippen molar-refractivity contribution in [3.8, 4) is 23.1 Å². The van der Waals surface area contributed by atoms with Crippen LogP contribution in [0.2, 0.25) is 0 Å². The zero-order valence-corrected chi connectivity index (χ0v) is 15.0. The lowest BCUT2D eigenvalue weighted by atomic mass is 10.2. The summed E-state index contributed by atoms with van der Waals surface area (Å²) in [6.45, 7) is 0. The van der Waals surface area contributed by atoms with E-state index in [4.69, 9.17) is 14.6 Å². The summed E-state index contributed by atoms with van der Waals surface area (Å²) in [6, 6.07) is 7.15. The van der Waals surface area contributed by atoms with Gasteiger partial charge in [0.25, 0.3) is 0 Å². The monoisotopic (exact) mass is 464 g/mol. The van der Waals surface area contributed by atoms with Crippen LogP contribution in [0.15, 0.2) is 41.1 Å². The first-order valence-electron chi connectivity index (χ1n) is 7.09. The van der Waals surface area contributed by atoms with Gasteiger partial charge in [0.05, 0.1) is 15.4 Å². The van der Waals surface area contributed by atoms with Crippen LogP contribution in [0.25, 0.3) is 10.9 Å². The van der Waals surface area contributed by atoms with Crippen LogP contribution in [-0.4, -0.2) is 37.4 Å². The Morgan fingerprint density at radius 2 is 1.71 bits per heavy atom. The van der Waals surface area contributed by atoms with Crippen molar-refractivity contribution >= 4 is 32.8 Å². The number of benzene rings is 2. The van der Waals surface area contributed by atoms with E-state index in [1.807, 2.05) is 0 Å². The molecule has 7 nitrogen and oxygen atoms in total. The summed E-state index contributed by atoms with van der Waals surface area (Å²) < 4.78 is 51.4. The Morgan fingerprint density at radius 1 is 1.11 bits per heavy atom. The fourth-order valence-electron chi connectivity index (χ4n) is 1.81. The third-order valence-corrected chi connectivity index (χ3v) is 3.67. The second-order valence-corrected chi connectivity index (χ2v) is 5.85. The Bertz CT molecular complexity index is 1030. The highest BCUT2D eigenvalue weighted by molar-refractivity contribution is 9.10. The minimum Gasteiger partial charge on any atom is -0.504 e. The van der Waals surface area contributed by atoms with E-state index in [0.717, 1.165) is 0 Å². The number of carboxylic acid groups (broad SMARTS) is 1. The van der Waals surface area contributed by atoms with Gasteiger partial charge in [-0.3, -0.25) is 0 Å². The summed E-state index contributed by atoms with van der Waals surface area (Å²) in [5, 5.41) is 26.5. The third-order valence-electron chi connectivity index (χ3n) is 3.06. The van der Waals surface area contributed by atoms with E-state index < -0.39 is 18.0 Å². The molecule has 0 unspecified atom stereocenters. The molecule has 0 fully saturated rings. The van der Waals surface area contributed by atoms with Gasteiger partial charge in [-0.15, -0.1) is 0 Å². The molecule has 3 N–H and O–H groups in total. The van der Waals surface area contributed by atoms with Gasteiger partial charge in [-0.1, -0.05) is 6.07 Å². The molecule has 0 aliphatic heterocycles. The van der Waals surface area contributed by atoms with E-state index >= 15 is 0 Å². The molecule has 3 rings (SSSR count). The average Bonchev–Trinajstić information content (AvgIpc) is 2.60. The molecule has 0 spiro atoms. The molecule has 0 atom stereocenters. The standard InChI is InChI=1S/C14H8BrFN2O3.C2HF3O2/c15-8-2-1-3-12(13(8)16)21-14-7-4-10(19)11(20)5-9(7)17-6-18-14;3-2(4,5)1(6)7/h1-6,19-20H;(H,6,7). The molecule has 0 amide bonds. The number of nitrogens with zero attached hydrogens (tertiary/aromatic N) is 2. The topological polar surface area (TPSA) is 113 Å². The Labute approximate surface area is 162 Å². The molecule has 12 heteroatoms. The van der Waals surface area contributed by atoms with Gasteiger partial charge in [0.15, 0.2) is 23.1 Å². The van der Waals surface area contributed by atoms with E-state index in [2.05, 4.69) is 25.9 Å². The Hall–Kier alpha value is -3.15. The number of hydrogen-bond acceptors (Lipinski definition) is 6. The number of aromatic hydroxyl groups is 2. The minimum atomic E-state index is -5.08. The minimum absolute atomic E-state index is 0.0167. The molecule has 0 radical (unpaired) electrons. The summed E-state index contributed by atoms with van der Waals surface area (Å²) in [7, 11) is 0. The van der Waals surface area contributed by atoms with Crippen LogP contribution >= 0.6 is 15.9 Å². The lowest BCUT2D eigenvalue weighted by Crippen LogP contribution is -2.21. The highest BCUT2D eigenvalue weighted by Crippen LogP contribution is 2.35. The summed E-state index contributed by atoms with van der Waals surface area (Å²) >= 11 is 3.07. The molecule has 0 saturated carbocycles. The maximum atomic E-state index is 13.9. The molecule has 1 heterocycles. The summed E-state index contributed by atoms with van der Waals surface area (Å²) in [5.74, 6) is -3.90. The summed E-state index contributed by atoms with van der Waals surface area (Å²) in [6.07, 6.45) is -3.86. The summed E-state index contributed by atoms with van der Waals surface area (Å²) in [4.78, 5) is 16.8. The van der Waals surface area contributed by atoms with Crippen molar-refractivity contribution in [3.63, 3.8) is 0 Å². The number of halogens is 5. The molecule has 0 saturated heterocycles. The lowest BCUT2D eigenvalue weighted by molar-refractivity contribution is -0.192. The van der Waals surface area contributed by atoms with E-state index in [9.17, 15) is 27.8 Å². The molecule has 2 aromatic carbocycles. The fraction of sp³-hybridized carbons (Fsp3) is 0.0625. The first-order valence-corrected chi connectivity index (χ1v) is 7.88. The molecular formula is C16H9BrF4N2O5. The molecule has 0 aliphatic rings. The number of ether oxygens (including phenoxy) is 1. The Balaban J connectivity index is 0.000000345. The molecule has 0 aliphatic carbocycles. The lowest BCUT2D eigenvalue weighted by Gasteiger charge is -2.09. The van der Waals surface area contributed by atoms with Gasteiger partial charge >= 0.3 is 12.1 Å². The van der Waals surface area contributed by atoms with Crippen LogP contribution in [0.4, 0.5) is 17.6 Å². The van der Waals surface area contributed by atoms with Crippen LogP contribution in [0, 0.1) is 5.82 Å². The Morgan fingerprint density at radius 3 is 2.32 bits per heavy atom. The van der Waals surface area contributed by atoms with Crippen molar-refractivity contribution in [2.24, 2.45) is 0 Å². The normalized spacial score (nSPS) is 10.9. The fourth-order valence-corrected chi connectivity index (χ4v) is 2.15. The van der Waals surface area contributed by atoms with E-state index in [0.29, 0.717) is 10.9 Å². The van der Waals surface area contributed by atoms with Crippen LogP contribution in [0.1, 0.15) is 0 Å². The number of fused-ring (bicyclic) bond motifs is 1. The van der Waals surface area contributed by atoms with Gasteiger partial charge < -0.3 is 20.1 Å². The molecule has 0 bridgehead atoms. The third kappa shape index (κ3) is 4.97. The van der Waals surface area contributed by atoms with Gasteiger partial charge in [-0.2, -0.15) is 13.2 Å². The maximum absolute atomic E-state index is 13.9. The number of carboxylic acids is 1. The van der Waals surface area contributed by atoms with Crippen molar-refractivity contribution in [1.29, 1.82) is 0 Å². The van der Waals surface area contributed by atoms with Crippen molar-refractivity contribution in [2.45, 2.75) is 6.18 Å². The molecule has 148 valence electrons. The highest BCUT2D eigenvalue weighted by atomic mass is 79.9. The molecular weight excluding hydrogens is 456 g/mol. The Kier molecular flexibility index (Phi) is 6.23. The predicted octanol–water partition coefficient (Wildman–Crippen LogP) is 4.37. The first-order chi connectivity index (χ1) is 13.0. The highest BCUT2D eigenvalue weighted by Gasteiger charge is 2.38. The van der Waals surface area contributed by atoms with Gasteiger partial charge in [-0.25, -0.2) is 19.2 Å². The quantitative estimate of drug-likeness (QED) is 0.381. The van der Waals surface area contributed by atoms with Gasteiger partial charge in [-0.05, 0) is 34.1 Å². The number of carbonyl (C=O) groups is 1. The average molecular weight is 465 g/mol. The van der Waals surface area contributed by atoms with E-state index in [1.54, 1.807) is 12.1 Å². The first kappa shape index (κ1) is 21.2. The number of phenolic OH excluding ortho intramolecular Hbond substituents is 2. The molecule has 3 aromatic rings. The van der Waals surface area contributed by atoms with Crippen LogP contribution < -0.4 is 4.74 Å². The van der Waals surface area contributed by atoms with Crippen LogP contribution in [0.3, 0.4) is 0 Å².